The first-order chi connectivity index (χ1) is 29.7. The molecule has 0 aromatic carbocycles. The van der Waals surface area contributed by atoms with E-state index in [-0.39, 0.29) is 44.9 Å². The van der Waals surface area contributed by atoms with Crippen molar-refractivity contribution in [1.82, 2.24) is 0 Å². The maximum Gasteiger partial charge on any atom is 0.182 e. The zero-order valence-electron chi connectivity index (χ0n) is 38.8. The van der Waals surface area contributed by atoms with Crippen LogP contribution < -0.4 is 0 Å². The molecule has 0 atom stereocenters. The number of hydrogen-bond acceptors (Lipinski definition) is 7. The highest BCUT2D eigenvalue weighted by atomic mass is 16.5. The molecule has 5 N–H and O–H groups in total. The third-order valence-corrected chi connectivity index (χ3v) is 13.0. The molecule has 9 heteroatoms. The summed E-state index contributed by atoms with van der Waals surface area (Å²) < 4.78 is 2.17. The first-order valence-corrected chi connectivity index (χ1v) is 23.2. The zero-order valence-corrected chi connectivity index (χ0v) is 38.8. The van der Waals surface area contributed by atoms with Gasteiger partial charge in [0, 0.05) is 82.7 Å². The molecule has 62 heavy (non-hydrogen) atoms. The van der Waals surface area contributed by atoms with E-state index in [2.05, 4.69) is 109 Å². The van der Waals surface area contributed by atoms with Crippen LogP contribution in [0.4, 0.5) is 0 Å². The minimum Gasteiger partial charge on any atom is -0.623 e. The molecule has 0 saturated carbocycles. The van der Waals surface area contributed by atoms with Gasteiger partial charge in [0.05, 0.1) is 0 Å². The first-order valence-electron chi connectivity index (χ1n) is 23.2. The molecule has 4 rings (SSSR count). The van der Waals surface area contributed by atoms with Gasteiger partial charge in [-0.2, -0.15) is 0 Å². The first kappa shape index (κ1) is 50.5. The Morgan fingerprint density at radius 3 is 1.11 bits per heavy atom. The molecule has 0 amide bonds. The van der Waals surface area contributed by atoms with E-state index in [1.54, 1.807) is 12.4 Å². The number of unbranched alkanes of at least 4 members (excludes halogenated alkanes) is 1. The lowest BCUT2D eigenvalue weighted by molar-refractivity contribution is -0.551. The molecule has 0 aromatic rings. The second kappa shape index (κ2) is 24.1. The molecule has 0 saturated heterocycles. The highest BCUT2D eigenvalue weighted by molar-refractivity contribution is 6.00. The van der Waals surface area contributed by atoms with Crippen molar-refractivity contribution in [3.05, 3.63) is 103 Å². The SMILES string of the molecule is CCCCC(CCCO)(CCCO)/[N+]([O-])=C/c1cc(/C=C/c2cc(/C=[N+](\[O-])C(CCCO)(CCCO)CCCO)c3cc(C(C)C)ccc(C)c2-3)c2c(C)ccc(C(C)C)cc1-2. The predicted octanol–water partition coefficient (Wildman–Crippen LogP) is 10.3. The zero-order chi connectivity index (χ0) is 45.5. The van der Waals surface area contributed by atoms with E-state index in [1.165, 1.54) is 0 Å². The second-order valence-electron chi connectivity index (χ2n) is 18.2. The van der Waals surface area contributed by atoms with Crippen LogP contribution in [0.2, 0.25) is 0 Å². The van der Waals surface area contributed by atoms with Gasteiger partial charge in [-0.1, -0.05) is 89.6 Å². The minimum absolute atomic E-state index is 0.00109. The van der Waals surface area contributed by atoms with Crippen LogP contribution in [0.1, 0.15) is 174 Å². The lowest BCUT2D eigenvalue weighted by atomic mass is 9.83. The fourth-order valence-corrected chi connectivity index (χ4v) is 9.32. The number of rotatable bonds is 26. The second-order valence-corrected chi connectivity index (χ2v) is 18.2. The van der Waals surface area contributed by atoms with Crippen molar-refractivity contribution < 1.29 is 35.0 Å². The summed E-state index contributed by atoms with van der Waals surface area (Å²) in [4.78, 5) is 0. The summed E-state index contributed by atoms with van der Waals surface area (Å²) in [5.41, 5.74) is 10.4. The quantitative estimate of drug-likeness (QED) is 0.0182. The van der Waals surface area contributed by atoms with Crippen LogP contribution in [0.15, 0.2) is 48.5 Å². The molecule has 0 fully saturated rings. The Labute approximate surface area is 372 Å². The fraction of sp³-hybridized carbons (Fsp3) is 0.547. The normalized spacial score (nSPS) is 13.3. The maximum atomic E-state index is 14.6. The van der Waals surface area contributed by atoms with Crippen molar-refractivity contribution in [2.45, 2.75) is 155 Å². The van der Waals surface area contributed by atoms with Gasteiger partial charge in [-0.3, -0.25) is 0 Å². The van der Waals surface area contributed by atoms with Crippen LogP contribution in [0.25, 0.3) is 34.4 Å². The standard InChI is InChI=1S/C53H76N2O7/c1-8-9-21-52(22-10-27-56,23-11-28-57)54(61)36-46-32-44(50-40(6)15-17-42(38(2)3)34-48(46)50)19-20-45-33-47(49-35-43(39(4)5)18-16-41(7)51(45)49)37-55(62)53(24-12-29-58,25-13-30-59)26-14-31-60/h15-20,32-39,56-60H,8-14,21-31H2,1-7H3/b20-19+,54-36-,55-37-. The summed E-state index contributed by atoms with van der Waals surface area (Å²) in [5, 5.41) is 78.3. The Kier molecular flexibility index (Phi) is 19.6. The molecule has 0 aromatic heterocycles. The van der Waals surface area contributed by atoms with E-state index in [0.717, 1.165) is 89.1 Å². The van der Waals surface area contributed by atoms with Crippen LogP contribution >= 0.6 is 0 Å². The van der Waals surface area contributed by atoms with E-state index in [1.807, 2.05) is 0 Å². The van der Waals surface area contributed by atoms with Gasteiger partial charge in [0.15, 0.2) is 23.5 Å². The topological polar surface area (TPSA) is 153 Å². The van der Waals surface area contributed by atoms with Crippen molar-refractivity contribution >= 4 is 24.6 Å². The highest BCUT2D eigenvalue weighted by Gasteiger charge is 2.39. The molecule has 0 heterocycles. The molecule has 0 unspecified atom stereocenters. The highest BCUT2D eigenvalue weighted by Crippen LogP contribution is 2.41. The lowest BCUT2D eigenvalue weighted by Gasteiger charge is -2.32. The van der Waals surface area contributed by atoms with Crippen LogP contribution in [0, 0.1) is 24.3 Å². The number of aryl methyl sites for hydroxylation is 2. The Balaban J connectivity index is 2.00. The summed E-state index contributed by atoms with van der Waals surface area (Å²) in [5.74, 6) is 0.499. The van der Waals surface area contributed by atoms with Gasteiger partial charge in [-0.05, 0) is 132 Å². The van der Waals surface area contributed by atoms with Gasteiger partial charge < -0.3 is 35.9 Å². The minimum atomic E-state index is -0.899. The maximum absolute atomic E-state index is 14.6. The number of aliphatic hydroxyl groups excluding tert-OH is 5. The Hall–Kier alpha value is -4.12. The van der Waals surface area contributed by atoms with Crippen molar-refractivity contribution in [2.75, 3.05) is 33.0 Å². The third-order valence-electron chi connectivity index (χ3n) is 13.0. The number of aliphatic hydroxyl groups is 5. The van der Waals surface area contributed by atoms with Crippen LogP contribution in [-0.4, -0.2) is 91.6 Å². The lowest BCUT2D eigenvalue weighted by Crippen LogP contribution is -2.41. The van der Waals surface area contributed by atoms with Gasteiger partial charge in [0.25, 0.3) is 0 Å². The van der Waals surface area contributed by atoms with Crippen molar-refractivity contribution in [2.24, 2.45) is 0 Å². The van der Waals surface area contributed by atoms with Gasteiger partial charge >= 0.3 is 0 Å². The number of hydrogen-bond donors (Lipinski definition) is 5. The summed E-state index contributed by atoms with van der Waals surface area (Å²) in [6.45, 7) is 14.8. The average molecular weight is 853 g/mol. The average Bonchev–Trinajstić information content (AvgIpc) is 3.62. The fourth-order valence-electron chi connectivity index (χ4n) is 9.32. The number of nitrogens with zero attached hydrogens (tertiary/aromatic N) is 2. The molecule has 340 valence electrons. The van der Waals surface area contributed by atoms with Crippen LogP contribution in [0.3, 0.4) is 0 Å². The predicted molar refractivity (Wildman–Crippen MR) is 257 cm³/mol. The molecule has 0 radical (unpaired) electrons. The molecular weight excluding hydrogens is 777 g/mol. The molecule has 9 nitrogen and oxygen atoms in total. The van der Waals surface area contributed by atoms with E-state index in [9.17, 15) is 35.9 Å². The van der Waals surface area contributed by atoms with Crippen LogP contribution in [-0.2, 0) is 0 Å². The largest absolute Gasteiger partial charge is 0.623 e. The summed E-state index contributed by atoms with van der Waals surface area (Å²) in [6, 6.07) is 17.2. The van der Waals surface area contributed by atoms with Crippen molar-refractivity contribution in [1.29, 1.82) is 0 Å². The van der Waals surface area contributed by atoms with Gasteiger partial charge in [0.2, 0.25) is 0 Å². The summed E-state index contributed by atoms with van der Waals surface area (Å²) >= 11 is 0. The van der Waals surface area contributed by atoms with E-state index in [4.69, 9.17) is 0 Å². The Morgan fingerprint density at radius 2 is 0.823 bits per heavy atom. The molecule has 4 aliphatic carbocycles. The molecule has 4 aliphatic rings. The van der Waals surface area contributed by atoms with Gasteiger partial charge in [0.1, 0.15) is 0 Å². The number of hydroxylamine groups is 2. The van der Waals surface area contributed by atoms with E-state index < -0.39 is 11.1 Å². The summed E-state index contributed by atoms with van der Waals surface area (Å²) in [7, 11) is 0. The molecule has 0 spiro atoms. The van der Waals surface area contributed by atoms with E-state index >= 15 is 0 Å². The van der Waals surface area contributed by atoms with Crippen molar-refractivity contribution in [3.63, 3.8) is 0 Å². The Morgan fingerprint density at radius 1 is 0.500 bits per heavy atom. The monoisotopic (exact) mass is 853 g/mol. The summed E-state index contributed by atoms with van der Waals surface area (Å²) in [6.07, 6.45) is 14.8. The van der Waals surface area contributed by atoms with Crippen LogP contribution in [0.5, 0.6) is 0 Å². The Bertz CT molecular complexity index is 1860. The van der Waals surface area contributed by atoms with Gasteiger partial charge in [-0.15, -0.1) is 0 Å². The van der Waals surface area contributed by atoms with Crippen molar-refractivity contribution in [3.8, 4) is 22.3 Å². The smallest absolute Gasteiger partial charge is 0.182 e. The molecule has 0 aliphatic heterocycles. The third kappa shape index (κ3) is 12.3. The van der Waals surface area contributed by atoms with E-state index in [0.29, 0.717) is 70.6 Å². The van der Waals surface area contributed by atoms with Gasteiger partial charge in [-0.25, -0.2) is 9.48 Å². The molecule has 0 bridgehead atoms. The molecular formula is C53H76N2O7. The number of fused-ring (bicyclic) bond motifs is 2.